The van der Waals surface area contributed by atoms with Gasteiger partial charge in [0.2, 0.25) is 5.95 Å². The van der Waals surface area contributed by atoms with Gasteiger partial charge in [0, 0.05) is 31.3 Å². The van der Waals surface area contributed by atoms with E-state index in [-0.39, 0.29) is 11.9 Å². The Hall–Kier alpha value is -2.41. The van der Waals surface area contributed by atoms with Gasteiger partial charge in [0.25, 0.3) is 0 Å². The summed E-state index contributed by atoms with van der Waals surface area (Å²) < 4.78 is 2.05. The standard InChI is InChI=1S/C15H16ClN7/c16-11-8-13(19-15(17)18-11)22-6-3-4-10(9-22)14-21-20-12-5-1-2-7-23(12)14/h1-2,5,7-8,10H,3-4,6,9H2,(H2,17,18,19). The van der Waals surface area contributed by atoms with Gasteiger partial charge in [-0.3, -0.25) is 4.40 Å². The molecule has 8 heteroatoms. The number of hydrogen-bond donors (Lipinski definition) is 1. The molecule has 3 aromatic rings. The van der Waals surface area contributed by atoms with Crippen molar-refractivity contribution in [3.05, 3.63) is 41.4 Å². The Kier molecular flexibility index (Phi) is 3.49. The van der Waals surface area contributed by atoms with Crippen LogP contribution in [0.5, 0.6) is 0 Å². The SMILES string of the molecule is Nc1nc(Cl)cc(N2CCCC(c3nnc4ccccn34)C2)n1. The third-order valence-electron chi connectivity index (χ3n) is 4.15. The van der Waals surface area contributed by atoms with Crippen LogP contribution < -0.4 is 10.6 Å². The fraction of sp³-hybridized carbons (Fsp3) is 0.333. The fourth-order valence-corrected chi connectivity index (χ4v) is 3.30. The van der Waals surface area contributed by atoms with E-state index >= 15 is 0 Å². The number of aromatic nitrogens is 5. The predicted molar refractivity (Wildman–Crippen MR) is 88.6 cm³/mol. The van der Waals surface area contributed by atoms with E-state index in [2.05, 4.69) is 29.5 Å². The number of piperidine rings is 1. The van der Waals surface area contributed by atoms with Crippen LogP contribution in [-0.4, -0.2) is 37.7 Å². The van der Waals surface area contributed by atoms with Crippen LogP contribution in [-0.2, 0) is 0 Å². The summed E-state index contributed by atoms with van der Waals surface area (Å²) in [4.78, 5) is 10.4. The number of rotatable bonds is 2. The van der Waals surface area contributed by atoms with Crippen molar-refractivity contribution in [2.45, 2.75) is 18.8 Å². The first-order valence-corrected chi connectivity index (χ1v) is 7.93. The maximum Gasteiger partial charge on any atom is 0.223 e. The molecule has 3 aromatic heterocycles. The molecule has 0 aliphatic carbocycles. The molecule has 0 spiro atoms. The number of pyridine rings is 1. The highest BCUT2D eigenvalue weighted by atomic mass is 35.5. The Morgan fingerprint density at radius 3 is 3.00 bits per heavy atom. The minimum absolute atomic E-state index is 0.197. The number of nitrogen functional groups attached to an aromatic ring is 1. The van der Waals surface area contributed by atoms with Gasteiger partial charge in [-0.15, -0.1) is 10.2 Å². The number of nitrogens with zero attached hydrogens (tertiary/aromatic N) is 6. The predicted octanol–water partition coefficient (Wildman–Crippen LogP) is 2.14. The molecular weight excluding hydrogens is 314 g/mol. The van der Waals surface area contributed by atoms with E-state index in [1.807, 2.05) is 24.4 Å². The quantitative estimate of drug-likeness (QED) is 0.725. The number of halogens is 1. The minimum atomic E-state index is 0.197. The molecular formula is C15H16ClN7. The van der Waals surface area contributed by atoms with Crippen LogP contribution in [0, 0.1) is 0 Å². The van der Waals surface area contributed by atoms with E-state index in [1.165, 1.54) is 0 Å². The largest absolute Gasteiger partial charge is 0.368 e. The zero-order chi connectivity index (χ0) is 15.8. The molecule has 1 unspecified atom stereocenters. The van der Waals surface area contributed by atoms with Gasteiger partial charge in [0.15, 0.2) is 5.65 Å². The Balaban J connectivity index is 1.64. The van der Waals surface area contributed by atoms with Crippen molar-refractivity contribution in [2.75, 3.05) is 23.7 Å². The van der Waals surface area contributed by atoms with Gasteiger partial charge in [-0.1, -0.05) is 17.7 Å². The second kappa shape index (κ2) is 5.66. The molecule has 118 valence electrons. The zero-order valence-corrected chi connectivity index (χ0v) is 13.2. The molecule has 0 bridgehead atoms. The highest BCUT2D eigenvalue weighted by Gasteiger charge is 2.26. The molecule has 0 radical (unpaired) electrons. The van der Waals surface area contributed by atoms with Crippen LogP contribution in [0.4, 0.5) is 11.8 Å². The highest BCUT2D eigenvalue weighted by Crippen LogP contribution is 2.29. The van der Waals surface area contributed by atoms with Crippen LogP contribution >= 0.6 is 11.6 Å². The molecule has 0 saturated carbocycles. The first-order chi connectivity index (χ1) is 11.2. The van der Waals surface area contributed by atoms with Gasteiger partial charge in [0.1, 0.15) is 16.8 Å². The zero-order valence-electron chi connectivity index (χ0n) is 12.4. The lowest BCUT2D eigenvalue weighted by molar-refractivity contribution is 0.486. The average Bonchev–Trinajstić information content (AvgIpc) is 2.98. The van der Waals surface area contributed by atoms with Gasteiger partial charge < -0.3 is 10.6 Å². The summed E-state index contributed by atoms with van der Waals surface area (Å²) in [6.07, 6.45) is 4.12. The third-order valence-corrected chi connectivity index (χ3v) is 4.34. The molecule has 4 rings (SSSR count). The molecule has 4 heterocycles. The molecule has 1 aliphatic heterocycles. The molecule has 2 N–H and O–H groups in total. The summed E-state index contributed by atoms with van der Waals surface area (Å²) in [5.74, 6) is 2.23. The normalized spacial score (nSPS) is 18.5. The van der Waals surface area contributed by atoms with Crippen LogP contribution in [0.25, 0.3) is 5.65 Å². The number of hydrogen-bond acceptors (Lipinski definition) is 6. The summed E-state index contributed by atoms with van der Waals surface area (Å²) in [5.41, 5.74) is 6.58. The smallest absolute Gasteiger partial charge is 0.223 e. The molecule has 1 fully saturated rings. The highest BCUT2D eigenvalue weighted by molar-refractivity contribution is 6.29. The number of nitrogens with two attached hydrogens (primary N) is 1. The first kappa shape index (κ1) is 14.2. The lowest BCUT2D eigenvalue weighted by atomic mass is 9.97. The summed E-state index contributed by atoms with van der Waals surface area (Å²) in [6, 6.07) is 7.67. The molecule has 7 nitrogen and oxygen atoms in total. The van der Waals surface area contributed by atoms with Gasteiger partial charge >= 0.3 is 0 Å². The van der Waals surface area contributed by atoms with Gasteiger partial charge in [-0.25, -0.2) is 4.98 Å². The third kappa shape index (κ3) is 2.68. The molecule has 0 aromatic carbocycles. The summed E-state index contributed by atoms with van der Waals surface area (Å²) >= 11 is 6.00. The van der Waals surface area contributed by atoms with E-state index in [0.717, 1.165) is 43.2 Å². The topological polar surface area (TPSA) is 85.2 Å². The number of anilines is 2. The fourth-order valence-electron chi connectivity index (χ4n) is 3.12. The van der Waals surface area contributed by atoms with Crippen molar-refractivity contribution in [3.8, 4) is 0 Å². The van der Waals surface area contributed by atoms with E-state index in [9.17, 15) is 0 Å². The van der Waals surface area contributed by atoms with Crippen molar-refractivity contribution < 1.29 is 0 Å². The van der Waals surface area contributed by atoms with Crippen molar-refractivity contribution in [3.63, 3.8) is 0 Å². The first-order valence-electron chi connectivity index (χ1n) is 7.55. The average molecular weight is 330 g/mol. The van der Waals surface area contributed by atoms with Gasteiger partial charge in [-0.05, 0) is 25.0 Å². The lowest BCUT2D eigenvalue weighted by Gasteiger charge is -2.32. The van der Waals surface area contributed by atoms with Crippen LogP contribution in [0.3, 0.4) is 0 Å². The molecule has 1 atom stereocenters. The van der Waals surface area contributed by atoms with Crippen LogP contribution in [0.2, 0.25) is 5.15 Å². The van der Waals surface area contributed by atoms with Crippen LogP contribution in [0.1, 0.15) is 24.6 Å². The summed E-state index contributed by atoms with van der Waals surface area (Å²) in [5, 5.41) is 9.00. The Labute approximate surface area is 138 Å². The second-order valence-electron chi connectivity index (χ2n) is 5.68. The van der Waals surface area contributed by atoms with Crippen molar-refractivity contribution in [1.82, 2.24) is 24.6 Å². The van der Waals surface area contributed by atoms with Crippen molar-refractivity contribution in [1.29, 1.82) is 0 Å². The monoisotopic (exact) mass is 329 g/mol. The molecule has 1 saturated heterocycles. The van der Waals surface area contributed by atoms with Crippen molar-refractivity contribution >= 4 is 29.0 Å². The Bertz CT molecular complexity index is 826. The van der Waals surface area contributed by atoms with Crippen molar-refractivity contribution in [2.24, 2.45) is 0 Å². The van der Waals surface area contributed by atoms with E-state index in [0.29, 0.717) is 5.15 Å². The molecule has 23 heavy (non-hydrogen) atoms. The number of fused-ring (bicyclic) bond motifs is 1. The Morgan fingerprint density at radius 1 is 1.22 bits per heavy atom. The maximum absolute atomic E-state index is 6.00. The summed E-state index contributed by atoms with van der Waals surface area (Å²) in [7, 11) is 0. The molecule has 1 aliphatic rings. The van der Waals surface area contributed by atoms with Gasteiger partial charge in [0.05, 0.1) is 0 Å². The second-order valence-corrected chi connectivity index (χ2v) is 6.07. The van der Waals surface area contributed by atoms with E-state index in [4.69, 9.17) is 17.3 Å². The van der Waals surface area contributed by atoms with E-state index in [1.54, 1.807) is 6.07 Å². The summed E-state index contributed by atoms with van der Waals surface area (Å²) in [6.45, 7) is 1.72. The van der Waals surface area contributed by atoms with Crippen LogP contribution in [0.15, 0.2) is 30.5 Å². The maximum atomic E-state index is 6.00. The Morgan fingerprint density at radius 2 is 2.13 bits per heavy atom. The molecule has 0 amide bonds. The minimum Gasteiger partial charge on any atom is -0.368 e. The van der Waals surface area contributed by atoms with E-state index < -0.39 is 0 Å². The van der Waals surface area contributed by atoms with Gasteiger partial charge in [-0.2, -0.15) is 4.98 Å². The lowest BCUT2D eigenvalue weighted by Crippen LogP contribution is -2.35.